The second-order valence-corrected chi connectivity index (χ2v) is 3.18. The standard InChI is InChI=1S/C10H15NO/c1-8(12)10(11)7-9-5-3-2-4-6-9/h3,5-6,10H,2,4,7,11H2,1H3. The third-order valence-electron chi connectivity index (χ3n) is 2.05. The molecular formula is C10H15NO. The molecular weight excluding hydrogens is 150 g/mol. The van der Waals surface area contributed by atoms with Gasteiger partial charge in [-0.25, -0.2) is 0 Å². The highest BCUT2D eigenvalue weighted by atomic mass is 16.1. The number of Topliss-reactive ketones (excluding diaryl/α,β-unsaturated/α-hetero) is 1. The summed E-state index contributed by atoms with van der Waals surface area (Å²) >= 11 is 0. The van der Waals surface area contributed by atoms with Crippen molar-refractivity contribution >= 4 is 5.78 Å². The van der Waals surface area contributed by atoms with E-state index in [2.05, 4.69) is 18.2 Å². The Bertz CT molecular complexity index is 228. The molecule has 0 aliphatic heterocycles. The van der Waals surface area contributed by atoms with E-state index < -0.39 is 0 Å². The van der Waals surface area contributed by atoms with E-state index in [1.54, 1.807) is 0 Å². The number of carbonyl (C=O) groups excluding carboxylic acids is 1. The molecule has 0 bridgehead atoms. The third kappa shape index (κ3) is 2.62. The maximum absolute atomic E-state index is 10.8. The van der Waals surface area contributed by atoms with Gasteiger partial charge in [0, 0.05) is 0 Å². The fourth-order valence-corrected chi connectivity index (χ4v) is 1.22. The summed E-state index contributed by atoms with van der Waals surface area (Å²) in [5.74, 6) is 0.0647. The Morgan fingerprint density at radius 3 is 2.92 bits per heavy atom. The van der Waals surface area contributed by atoms with Gasteiger partial charge in [-0.3, -0.25) is 4.79 Å². The van der Waals surface area contributed by atoms with E-state index in [4.69, 9.17) is 5.73 Å². The molecule has 2 N–H and O–H groups in total. The van der Waals surface area contributed by atoms with Crippen LogP contribution < -0.4 is 5.73 Å². The first kappa shape index (κ1) is 9.20. The van der Waals surface area contributed by atoms with Gasteiger partial charge in [0.05, 0.1) is 6.04 Å². The average Bonchev–Trinajstić information content (AvgIpc) is 2.06. The van der Waals surface area contributed by atoms with Crippen LogP contribution in [0.25, 0.3) is 0 Å². The lowest BCUT2D eigenvalue weighted by molar-refractivity contribution is -0.118. The van der Waals surface area contributed by atoms with Crippen molar-refractivity contribution in [3.63, 3.8) is 0 Å². The molecule has 1 aliphatic rings. The van der Waals surface area contributed by atoms with Crippen LogP contribution in [0.1, 0.15) is 26.2 Å². The average molecular weight is 165 g/mol. The molecule has 0 heterocycles. The van der Waals surface area contributed by atoms with Crippen molar-refractivity contribution in [3.05, 3.63) is 23.8 Å². The zero-order chi connectivity index (χ0) is 8.97. The number of hydrogen-bond acceptors (Lipinski definition) is 2. The topological polar surface area (TPSA) is 43.1 Å². The van der Waals surface area contributed by atoms with Gasteiger partial charge in [0.1, 0.15) is 5.78 Å². The number of nitrogens with two attached hydrogens (primary N) is 1. The minimum Gasteiger partial charge on any atom is -0.321 e. The Balaban J connectivity index is 2.45. The number of allylic oxidation sites excluding steroid dienone is 3. The van der Waals surface area contributed by atoms with Gasteiger partial charge in [-0.1, -0.05) is 23.8 Å². The van der Waals surface area contributed by atoms with Gasteiger partial charge in [-0.2, -0.15) is 0 Å². The van der Waals surface area contributed by atoms with Gasteiger partial charge in [0.2, 0.25) is 0 Å². The van der Waals surface area contributed by atoms with Gasteiger partial charge in [-0.05, 0) is 26.2 Å². The third-order valence-corrected chi connectivity index (χ3v) is 2.05. The summed E-state index contributed by atoms with van der Waals surface area (Å²) in [5, 5.41) is 0. The van der Waals surface area contributed by atoms with Crippen LogP contribution in [-0.4, -0.2) is 11.8 Å². The molecule has 0 amide bonds. The lowest BCUT2D eigenvalue weighted by Gasteiger charge is -2.10. The Hall–Kier alpha value is -0.890. The Morgan fingerprint density at radius 2 is 2.42 bits per heavy atom. The molecule has 0 saturated heterocycles. The first-order valence-corrected chi connectivity index (χ1v) is 4.32. The van der Waals surface area contributed by atoms with E-state index in [1.807, 2.05) is 0 Å². The summed E-state index contributed by atoms with van der Waals surface area (Å²) in [4.78, 5) is 10.8. The predicted molar refractivity (Wildman–Crippen MR) is 49.7 cm³/mol. The van der Waals surface area contributed by atoms with Crippen LogP contribution in [0, 0.1) is 0 Å². The Morgan fingerprint density at radius 1 is 1.67 bits per heavy atom. The molecule has 0 aromatic carbocycles. The van der Waals surface area contributed by atoms with Gasteiger partial charge >= 0.3 is 0 Å². The quantitative estimate of drug-likeness (QED) is 0.689. The number of ketones is 1. The minimum absolute atomic E-state index is 0.0647. The summed E-state index contributed by atoms with van der Waals surface area (Å²) < 4.78 is 0. The lowest BCUT2D eigenvalue weighted by Crippen LogP contribution is -2.28. The zero-order valence-corrected chi connectivity index (χ0v) is 7.42. The van der Waals surface area contributed by atoms with Crippen LogP contribution in [0.15, 0.2) is 23.8 Å². The second-order valence-electron chi connectivity index (χ2n) is 3.18. The molecule has 0 aromatic rings. The summed E-state index contributed by atoms with van der Waals surface area (Å²) in [6.45, 7) is 1.54. The van der Waals surface area contributed by atoms with E-state index in [9.17, 15) is 4.79 Å². The smallest absolute Gasteiger partial charge is 0.146 e. The monoisotopic (exact) mass is 165 g/mol. The van der Waals surface area contributed by atoms with Crippen LogP contribution in [0.5, 0.6) is 0 Å². The molecule has 1 rings (SSSR count). The molecule has 2 heteroatoms. The van der Waals surface area contributed by atoms with Crippen molar-refractivity contribution in [1.29, 1.82) is 0 Å². The van der Waals surface area contributed by atoms with Crippen molar-refractivity contribution in [2.75, 3.05) is 0 Å². The molecule has 0 radical (unpaired) electrons. The zero-order valence-electron chi connectivity index (χ0n) is 7.42. The van der Waals surface area contributed by atoms with E-state index in [0.29, 0.717) is 6.42 Å². The van der Waals surface area contributed by atoms with Crippen molar-refractivity contribution < 1.29 is 4.79 Å². The van der Waals surface area contributed by atoms with Crippen LogP contribution in [0.2, 0.25) is 0 Å². The molecule has 1 aliphatic carbocycles. The van der Waals surface area contributed by atoms with E-state index in [0.717, 1.165) is 12.8 Å². The predicted octanol–water partition coefficient (Wildman–Crippen LogP) is 1.57. The van der Waals surface area contributed by atoms with Crippen LogP contribution in [0.3, 0.4) is 0 Å². The summed E-state index contributed by atoms with van der Waals surface area (Å²) in [5.41, 5.74) is 6.82. The molecule has 0 aromatic heterocycles. The van der Waals surface area contributed by atoms with E-state index in [-0.39, 0.29) is 11.8 Å². The molecule has 0 spiro atoms. The van der Waals surface area contributed by atoms with Gasteiger partial charge in [0.25, 0.3) is 0 Å². The van der Waals surface area contributed by atoms with Gasteiger partial charge < -0.3 is 5.73 Å². The van der Waals surface area contributed by atoms with Gasteiger partial charge in [0.15, 0.2) is 0 Å². The van der Waals surface area contributed by atoms with Crippen LogP contribution in [-0.2, 0) is 4.79 Å². The van der Waals surface area contributed by atoms with Crippen molar-refractivity contribution in [3.8, 4) is 0 Å². The Labute approximate surface area is 73.1 Å². The lowest BCUT2D eigenvalue weighted by atomic mass is 9.99. The van der Waals surface area contributed by atoms with E-state index in [1.165, 1.54) is 12.5 Å². The fourth-order valence-electron chi connectivity index (χ4n) is 1.22. The van der Waals surface area contributed by atoms with Crippen molar-refractivity contribution in [2.24, 2.45) is 5.73 Å². The van der Waals surface area contributed by atoms with Crippen molar-refractivity contribution in [2.45, 2.75) is 32.2 Å². The van der Waals surface area contributed by atoms with Crippen molar-refractivity contribution in [1.82, 2.24) is 0 Å². The summed E-state index contributed by atoms with van der Waals surface area (Å²) in [7, 11) is 0. The van der Waals surface area contributed by atoms with Gasteiger partial charge in [-0.15, -0.1) is 0 Å². The summed E-state index contributed by atoms with van der Waals surface area (Å²) in [6, 6.07) is -0.320. The normalized spacial score (nSPS) is 18.7. The Kier molecular flexibility index (Phi) is 3.23. The highest BCUT2D eigenvalue weighted by Gasteiger charge is 2.09. The molecule has 12 heavy (non-hydrogen) atoms. The SMILES string of the molecule is CC(=O)C(N)CC1=CCCC=C1. The minimum atomic E-state index is -0.320. The largest absolute Gasteiger partial charge is 0.321 e. The number of carbonyl (C=O) groups is 1. The fraction of sp³-hybridized carbons (Fsp3) is 0.500. The van der Waals surface area contributed by atoms with E-state index >= 15 is 0 Å². The molecule has 2 nitrogen and oxygen atoms in total. The first-order valence-electron chi connectivity index (χ1n) is 4.32. The highest BCUT2D eigenvalue weighted by molar-refractivity contribution is 5.81. The molecule has 1 unspecified atom stereocenters. The van der Waals surface area contributed by atoms with Crippen LogP contribution in [0.4, 0.5) is 0 Å². The first-order chi connectivity index (χ1) is 5.70. The maximum Gasteiger partial charge on any atom is 0.146 e. The molecule has 0 saturated carbocycles. The summed E-state index contributed by atoms with van der Waals surface area (Å²) in [6.07, 6.45) is 9.22. The highest BCUT2D eigenvalue weighted by Crippen LogP contribution is 2.14. The second kappa shape index (κ2) is 4.21. The molecule has 1 atom stereocenters. The maximum atomic E-state index is 10.8. The number of rotatable bonds is 3. The number of hydrogen-bond donors (Lipinski definition) is 1. The molecule has 0 fully saturated rings. The molecule has 66 valence electrons. The van der Waals surface area contributed by atoms with Crippen LogP contribution >= 0.6 is 0 Å².